The highest BCUT2D eigenvalue weighted by Gasteiger charge is 2.00. The molecule has 0 saturated heterocycles. The van der Waals surface area contributed by atoms with Crippen molar-refractivity contribution in [3.8, 4) is 5.75 Å². The Hall–Kier alpha value is -2.40. The van der Waals surface area contributed by atoms with E-state index in [9.17, 15) is 0 Å². The van der Waals surface area contributed by atoms with E-state index in [4.69, 9.17) is 17.0 Å². The van der Waals surface area contributed by atoms with Gasteiger partial charge in [-0.25, -0.2) is 5.01 Å². The topological polar surface area (TPSA) is 36.9 Å². The van der Waals surface area contributed by atoms with Crippen molar-refractivity contribution < 1.29 is 4.74 Å². The van der Waals surface area contributed by atoms with Crippen molar-refractivity contribution in [2.75, 3.05) is 13.6 Å². The second-order valence-corrected chi connectivity index (χ2v) is 6.08. The molecule has 0 bridgehead atoms. The summed E-state index contributed by atoms with van der Waals surface area (Å²) in [5.41, 5.74) is 2.15. The van der Waals surface area contributed by atoms with Crippen LogP contribution in [0.15, 0.2) is 59.7 Å². The first kappa shape index (κ1) is 18.9. The molecular weight excluding hydrogens is 330 g/mol. The van der Waals surface area contributed by atoms with E-state index in [1.54, 1.807) is 11.2 Å². The van der Waals surface area contributed by atoms with Crippen LogP contribution in [0.4, 0.5) is 0 Å². The predicted molar refractivity (Wildman–Crippen MR) is 108 cm³/mol. The van der Waals surface area contributed by atoms with Crippen molar-refractivity contribution in [1.29, 1.82) is 0 Å². The summed E-state index contributed by atoms with van der Waals surface area (Å²) >= 11 is 5.29. The molecule has 25 heavy (non-hydrogen) atoms. The molecule has 0 radical (unpaired) electrons. The van der Waals surface area contributed by atoms with Crippen molar-refractivity contribution in [2.24, 2.45) is 5.10 Å². The van der Waals surface area contributed by atoms with Gasteiger partial charge in [0.1, 0.15) is 12.4 Å². The number of ether oxygens (including phenoxy) is 1. The second kappa shape index (κ2) is 10.5. The number of hydrazone groups is 1. The van der Waals surface area contributed by atoms with E-state index in [0.29, 0.717) is 11.7 Å². The minimum Gasteiger partial charge on any atom is -0.489 e. The zero-order chi connectivity index (χ0) is 17.9. The molecule has 0 aliphatic heterocycles. The molecule has 2 rings (SSSR count). The van der Waals surface area contributed by atoms with Crippen LogP contribution in [0.25, 0.3) is 0 Å². The molecule has 2 aromatic carbocycles. The normalized spacial score (nSPS) is 10.6. The highest BCUT2D eigenvalue weighted by Crippen LogP contribution is 2.13. The number of hydrogen-bond donors (Lipinski definition) is 1. The minimum atomic E-state index is 0.564. The largest absolute Gasteiger partial charge is 0.489 e. The zero-order valence-electron chi connectivity index (χ0n) is 14.8. The van der Waals surface area contributed by atoms with Gasteiger partial charge in [-0.15, -0.1) is 0 Å². The molecule has 0 heterocycles. The summed E-state index contributed by atoms with van der Waals surface area (Å²) in [4.78, 5) is 0. The lowest BCUT2D eigenvalue weighted by Gasteiger charge is -2.15. The zero-order valence-corrected chi connectivity index (χ0v) is 15.6. The van der Waals surface area contributed by atoms with Crippen LogP contribution in [0.1, 0.15) is 30.9 Å². The van der Waals surface area contributed by atoms with E-state index in [2.05, 4.69) is 17.3 Å². The summed E-state index contributed by atoms with van der Waals surface area (Å²) in [5.74, 6) is 0.839. The Morgan fingerprint density at radius 2 is 1.88 bits per heavy atom. The number of benzene rings is 2. The van der Waals surface area contributed by atoms with E-state index in [1.165, 1.54) is 0 Å². The number of rotatable bonds is 8. The maximum Gasteiger partial charge on any atom is 0.189 e. The first-order valence-corrected chi connectivity index (χ1v) is 8.92. The summed E-state index contributed by atoms with van der Waals surface area (Å²) in [6.45, 7) is 3.59. The Labute approximate surface area is 155 Å². The van der Waals surface area contributed by atoms with Crippen molar-refractivity contribution in [3.05, 3.63) is 65.7 Å². The molecule has 0 fully saturated rings. The fourth-order valence-electron chi connectivity index (χ4n) is 2.08. The van der Waals surface area contributed by atoms with Crippen LogP contribution in [0, 0.1) is 0 Å². The van der Waals surface area contributed by atoms with Crippen molar-refractivity contribution >= 4 is 23.5 Å². The molecule has 1 N–H and O–H groups in total. The Morgan fingerprint density at radius 1 is 1.16 bits per heavy atom. The number of thiocarbonyl (C=S) groups is 1. The molecule has 0 atom stereocenters. The molecule has 0 spiro atoms. The third kappa shape index (κ3) is 6.93. The third-order valence-electron chi connectivity index (χ3n) is 3.61. The molecule has 0 saturated carbocycles. The van der Waals surface area contributed by atoms with Crippen LogP contribution in [0.5, 0.6) is 5.75 Å². The summed E-state index contributed by atoms with van der Waals surface area (Å²) in [6, 6.07) is 18.0. The van der Waals surface area contributed by atoms with Crippen molar-refractivity contribution in [3.63, 3.8) is 0 Å². The third-order valence-corrected chi connectivity index (χ3v) is 4.02. The van der Waals surface area contributed by atoms with Crippen molar-refractivity contribution in [2.45, 2.75) is 26.4 Å². The molecule has 2 aromatic rings. The molecule has 0 aliphatic carbocycles. The van der Waals surface area contributed by atoms with E-state index >= 15 is 0 Å². The van der Waals surface area contributed by atoms with Gasteiger partial charge in [-0.1, -0.05) is 43.7 Å². The molecule has 4 nitrogen and oxygen atoms in total. The summed E-state index contributed by atoms with van der Waals surface area (Å²) in [7, 11) is 1.84. The van der Waals surface area contributed by atoms with Gasteiger partial charge in [-0.3, -0.25) is 0 Å². The van der Waals surface area contributed by atoms with Crippen LogP contribution in [0.3, 0.4) is 0 Å². The molecule has 0 unspecified atom stereocenters. The van der Waals surface area contributed by atoms with Gasteiger partial charge in [0.2, 0.25) is 0 Å². The van der Waals surface area contributed by atoms with E-state index in [0.717, 1.165) is 36.3 Å². The smallest absolute Gasteiger partial charge is 0.189 e. The lowest BCUT2D eigenvalue weighted by molar-refractivity contribution is 0.306. The fourth-order valence-corrected chi connectivity index (χ4v) is 2.23. The second-order valence-electron chi connectivity index (χ2n) is 5.70. The highest BCUT2D eigenvalue weighted by atomic mass is 32.1. The quantitative estimate of drug-likeness (QED) is 0.333. The van der Waals surface area contributed by atoms with Crippen LogP contribution in [-0.4, -0.2) is 29.9 Å². The number of nitrogens with zero attached hydrogens (tertiary/aromatic N) is 2. The van der Waals surface area contributed by atoms with E-state index < -0.39 is 0 Å². The van der Waals surface area contributed by atoms with Gasteiger partial charge in [0.05, 0.1) is 6.21 Å². The van der Waals surface area contributed by atoms with Gasteiger partial charge in [0, 0.05) is 13.6 Å². The average molecular weight is 356 g/mol. The fraction of sp³-hybridized carbons (Fsp3) is 0.300. The van der Waals surface area contributed by atoms with Gasteiger partial charge in [-0.05, 0) is 54.0 Å². The predicted octanol–water partition coefficient (Wildman–Crippen LogP) is 4.21. The Morgan fingerprint density at radius 3 is 2.56 bits per heavy atom. The maximum atomic E-state index is 5.78. The average Bonchev–Trinajstić information content (AvgIpc) is 2.66. The number of hydrogen-bond acceptors (Lipinski definition) is 3. The lowest BCUT2D eigenvalue weighted by Crippen LogP contribution is -2.34. The van der Waals surface area contributed by atoms with Crippen LogP contribution in [0.2, 0.25) is 0 Å². The summed E-state index contributed by atoms with van der Waals surface area (Å²) in [5, 5.41) is 9.85. The minimum absolute atomic E-state index is 0.564. The number of nitrogens with one attached hydrogen (secondary N) is 1. The Balaban J connectivity index is 1.81. The van der Waals surface area contributed by atoms with Gasteiger partial charge >= 0.3 is 0 Å². The van der Waals surface area contributed by atoms with E-state index in [-0.39, 0.29) is 0 Å². The molecular formula is C20H25N3OS. The molecule has 5 heteroatoms. The van der Waals surface area contributed by atoms with E-state index in [1.807, 2.05) is 61.6 Å². The Kier molecular flexibility index (Phi) is 7.92. The van der Waals surface area contributed by atoms with Crippen LogP contribution < -0.4 is 10.1 Å². The van der Waals surface area contributed by atoms with Crippen LogP contribution >= 0.6 is 12.2 Å². The van der Waals surface area contributed by atoms with Gasteiger partial charge in [0.25, 0.3) is 0 Å². The monoisotopic (exact) mass is 355 g/mol. The molecule has 132 valence electrons. The lowest BCUT2D eigenvalue weighted by atomic mass is 10.2. The molecule has 0 amide bonds. The molecule has 0 aliphatic rings. The SMILES string of the molecule is CCCCNC(=S)N(C)/N=C/c1ccc(OCc2ccccc2)cc1. The first-order valence-electron chi connectivity index (χ1n) is 8.51. The summed E-state index contributed by atoms with van der Waals surface area (Å²) in [6.07, 6.45) is 4.03. The molecule has 0 aromatic heterocycles. The Bertz CT molecular complexity index is 671. The first-order chi connectivity index (χ1) is 12.2. The highest BCUT2D eigenvalue weighted by molar-refractivity contribution is 7.80. The van der Waals surface area contributed by atoms with Gasteiger partial charge < -0.3 is 10.1 Å². The van der Waals surface area contributed by atoms with Gasteiger partial charge in [0.15, 0.2) is 5.11 Å². The van der Waals surface area contributed by atoms with Gasteiger partial charge in [-0.2, -0.15) is 5.10 Å². The number of unbranched alkanes of at least 4 members (excludes halogenated alkanes) is 1. The van der Waals surface area contributed by atoms with Crippen LogP contribution in [-0.2, 0) is 6.61 Å². The maximum absolute atomic E-state index is 5.78. The van der Waals surface area contributed by atoms with Crippen molar-refractivity contribution in [1.82, 2.24) is 10.3 Å². The summed E-state index contributed by atoms with van der Waals surface area (Å²) < 4.78 is 5.78. The standard InChI is InChI=1S/C20H25N3OS/c1-3-4-14-21-20(25)23(2)22-15-17-10-12-19(13-11-17)24-16-18-8-6-5-7-9-18/h5-13,15H,3-4,14,16H2,1-2H3,(H,21,25)/b22-15+.